The molecule has 0 fully saturated rings. The number of hydrogen-bond acceptors (Lipinski definition) is 5. The van der Waals surface area contributed by atoms with Crippen molar-refractivity contribution in [3.63, 3.8) is 0 Å². The molecule has 0 bridgehead atoms. The average molecular weight is 391 g/mol. The second-order valence-electron chi connectivity index (χ2n) is 6.02. The van der Waals surface area contributed by atoms with E-state index in [4.69, 9.17) is 4.74 Å². The SMILES string of the molecule is O=C(/C=C/c1ccc([N+](=O)[O-])cc1)NNC(=O)COc1ccc2ccccc2c1. The van der Waals surface area contributed by atoms with Crippen LogP contribution in [0, 0.1) is 10.1 Å². The fourth-order valence-electron chi connectivity index (χ4n) is 2.49. The normalized spacial score (nSPS) is 10.6. The third-order valence-corrected chi connectivity index (χ3v) is 3.95. The van der Waals surface area contributed by atoms with Crippen molar-refractivity contribution in [1.29, 1.82) is 0 Å². The van der Waals surface area contributed by atoms with Crippen LogP contribution in [-0.4, -0.2) is 23.3 Å². The Morgan fingerprint density at radius 1 is 0.966 bits per heavy atom. The molecule has 3 rings (SSSR count). The molecule has 3 aromatic rings. The van der Waals surface area contributed by atoms with Gasteiger partial charge in [0.25, 0.3) is 17.5 Å². The smallest absolute Gasteiger partial charge is 0.276 e. The molecule has 0 aliphatic heterocycles. The molecule has 2 amide bonds. The lowest BCUT2D eigenvalue weighted by Crippen LogP contribution is -2.43. The summed E-state index contributed by atoms with van der Waals surface area (Å²) in [5, 5.41) is 12.7. The predicted molar refractivity (Wildman–Crippen MR) is 108 cm³/mol. The van der Waals surface area contributed by atoms with Crippen LogP contribution in [0.4, 0.5) is 5.69 Å². The number of fused-ring (bicyclic) bond motifs is 1. The van der Waals surface area contributed by atoms with Gasteiger partial charge in [-0.15, -0.1) is 0 Å². The first-order valence-electron chi connectivity index (χ1n) is 8.64. The third-order valence-electron chi connectivity index (χ3n) is 3.95. The minimum atomic E-state index is -0.553. The molecule has 0 radical (unpaired) electrons. The Balaban J connectivity index is 1.44. The molecule has 0 heterocycles. The van der Waals surface area contributed by atoms with Crippen LogP contribution in [0.3, 0.4) is 0 Å². The fourth-order valence-corrected chi connectivity index (χ4v) is 2.49. The van der Waals surface area contributed by atoms with Crippen molar-refractivity contribution >= 4 is 34.4 Å². The molecule has 0 unspecified atom stereocenters. The molecule has 0 aromatic heterocycles. The van der Waals surface area contributed by atoms with E-state index in [1.165, 1.54) is 36.4 Å². The van der Waals surface area contributed by atoms with Crippen LogP contribution in [0.5, 0.6) is 5.75 Å². The van der Waals surface area contributed by atoms with Crippen LogP contribution in [0.2, 0.25) is 0 Å². The summed E-state index contributed by atoms with van der Waals surface area (Å²) in [7, 11) is 0. The van der Waals surface area contributed by atoms with Crippen molar-refractivity contribution in [2.24, 2.45) is 0 Å². The summed E-state index contributed by atoms with van der Waals surface area (Å²) in [5.74, 6) is -0.527. The van der Waals surface area contributed by atoms with Gasteiger partial charge in [0.05, 0.1) is 4.92 Å². The van der Waals surface area contributed by atoms with Gasteiger partial charge >= 0.3 is 0 Å². The summed E-state index contributed by atoms with van der Waals surface area (Å²) in [6.45, 7) is -0.259. The highest BCUT2D eigenvalue weighted by atomic mass is 16.6. The number of hydrazine groups is 1. The summed E-state index contributed by atoms with van der Waals surface area (Å²) in [6, 6.07) is 19.0. The van der Waals surface area contributed by atoms with Gasteiger partial charge in [-0.25, -0.2) is 0 Å². The van der Waals surface area contributed by atoms with Crippen molar-refractivity contribution in [3.8, 4) is 5.75 Å². The van der Waals surface area contributed by atoms with E-state index >= 15 is 0 Å². The first-order valence-corrected chi connectivity index (χ1v) is 8.64. The molecule has 2 N–H and O–H groups in total. The largest absolute Gasteiger partial charge is 0.484 e. The lowest BCUT2D eigenvalue weighted by molar-refractivity contribution is -0.384. The minimum Gasteiger partial charge on any atom is -0.484 e. The summed E-state index contributed by atoms with van der Waals surface area (Å²) in [6.07, 6.45) is 2.67. The maximum atomic E-state index is 11.8. The van der Waals surface area contributed by atoms with E-state index in [1.54, 1.807) is 6.07 Å². The zero-order chi connectivity index (χ0) is 20.6. The molecule has 0 spiro atoms. The van der Waals surface area contributed by atoms with Gasteiger partial charge in [-0.2, -0.15) is 0 Å². The Bertz CT molecular complexity index is 1080. The number of carbonyl (C=O) groups excluding carboxylic acids is 2. The van der Waals surface area contributed by atoms with Gasteiger partial charge in [-0.05, 0) is 46.7 Å². The van der Waals surface area contributed by atoms with E-state index in [9.17, 15) is 19.7 Å². The van der Waals surface area contributed by atoms with Gasteiger partial charge < -0.3 is 4.74 Å². The number of amides is 2. The average Bonchev–Trinajstić information content (AvgIpc) is 2.75. The van der Waals surface area contributed by atoms with Gasteiger partial charge in [0.1, 0.15) is 5.75 Å². The van der Waals surface area contributed by atoms with E-state index in [1.807, 2.05) is 36.4 Å². The summed E-state index contributed by atoms with van der Waals surface area (Å²) in [4.78, 5) is 33.7. The highest BCUT2D eigenvalue weighted by molar-refractivity contribution is 5.93. The number of nitro groups is 1. The monoisotopic (exact) mass is 391 g/mol. The molecular weight excluding hydrogens is 374 g/mol. The maximum absolute atomic E-state index is 11.8. The molecule has 0 aliphatic rings. The van der Waals surface area contributed by atoms with E-state index in [2.05, 4.69) is 10.9 Å². The molecule has 0 atom stereocenters. The molecule has 146 valence electrons. The Morgan fingerprint density at radius 2 is 1.69 bits per heavy atom. The Hall–Kier alpha value is -4.20. The number of rotatable bonds is 6. The highest BCUT2D eigenvalue weighted by Gasteiger charge is 2.05. The molecule has 8 nitrogen and oxygen atoms in total. The minimum absolute atomic E-state index is 0.0368. The van der Waals surface area contributed by atoms with Crippen LogP contribution in [0.15, 0.2) is 72.8 Å². The lowest BCUT2D eigenvalue weighted by atomic mass is 10.1. The number of nitrogens with zero attached hydrogens (tertiary/aromatic N) is 1. The molecule has 3 aromatic carbocycles. The van der Waals surface area contributed by atoms with Gasteiger partial charge in [0.2, 0.25) is 0 Å². The zero-order valence-corrected chi connectivity index (χ0v) is 15.2. The van der Waals surface area contributed by atoms with Crippen molar-refractivity contribution in [2.45, 2.75) is 0 Å². The van der Waals surface area contributed by atoms with Crippen LogP contribution >= 0.6 is 0 Å². The summed E-state index contributed by atoms with van der Waals surface area (Å²) in [5.41, 5.74) is 5.05. The first kappa shape index (κ1) is 19.6. The zero-order valence-electron chi connectivity index (χ0n) is 15.2. The second kappa shape index (κ2) is 9.14. The van der Waals surface area contributed by atoms with E-state index in [-0.39, 0.29) is 12.3 Å². The standard InChI is InChI=1S/C21H17N3O5/c25-20(12-7-15-5-9-18(10-6-15)24(27)28)22-23-21(26)14-29-19-11-8-16-3-1-2-4-17(16)13-19/h1-13H,14H2,(H,22,25)(H,23,26)/b12-7+. The summed E-state index contributed by atoms with van der Waals surface area (Å²) < 4.78 is 5.43. The number of nitro benzene ring substituents is 1. The van der Waals surface area contributed by atoms with Crippen molar-refractivity contribution in [1.82, 2.24) is 10.9 Å². The molecule has 8 heteroatoms. The molecule has 0 saturated carbocycles. The Kier molecular flexibility index (Phi) is 6.16. The Morgan fingerprint density at radius 3 is 2.41 bits per heavy atom. The number of non-ortho nitro benzene ring substituents is 1. The van der Waals surface area contributed by atoms with E-state index < -0.39 is 16.7 Å². The van der Waals surface area contributed by atoms with Gasteiger partial charge in [0.15, 0.2) is 6.61 Å². The van der Waals surface area contributed by atoms with E-state index in [0.29, 0.717) is 11.3 Å². The summed E-state index contributed by atoms with van der Waals surface area (Å²) >= 11 is 0. The number of hydrogen-bond donors (Lipinski definition) is 2. The van der Waals surface area contributed by atoms with Crippen molar-refractivity contribution in [2.75, 3.05) is 6.61 Å². The van der Waals surface area contributed by atoms with Crippen LogP contribution in [0.1, 0.15) is 5.56 Å². The molecule has 0 saturated heterocycles. The topological polar surface area (TPSA) is 111 Å². The fraction of sp³-hybridized carbons (Fsp3) is 0.0476. The number of ether oxygens (including phenoxy) is 1. The highest BCUT2D eigenvalue weighted by Crippen LogP contribution is 2.20. The van der Waals surface area contributed by atoms with Crippen LogP contribution in [0.25, 0.3) is 16.8 Å². The van der Waals surface area contributed by atoms with Crippen LogP contribution < -0.4 is 15.6 Å². The Labute approximate surface area is 165 Å². The second-order valence-corrected chi connectivity index (χ2v) is 6.02. The number of benzene rings is 3. The lowest BCUT2D eigenvalue weighted by Gasteiger charge is -2.08. The number of carbonyl (C=O) groups is 2. The number of nitrogens with one attached hydrogen (secondary N) is 2. The van der Waals surface area contributed by atoms with Gasteiger partial charge in [-0.3, -0.25) is 30.6 Å². The quantitative estimate of drug-likeness (QED) is 0.381. The molecule has 29 heavy (non-hydrogen) atoms. The van der Waals surface area contributed by atoms with E-state index in [0.717, 1.165) is 10.8 Å². The van der Waals surface area contributed by atoms with Crippen LogP contribution in [-0.2, 0) is 9.59 Å². The maximum Gasteiger partial charge on any atom is 0.276 e. The van der Waals surface area contributed by atoms with Crippen molar-refractivity contribution in [3.05, 3.63) is 88.5 Å². The predicted octanol–water partition coefficient (Wildman–Crippen LogP) is 2.99. The molecular formula is C21H17N3O5. The van der Waals surface area contributed by atoms with Gasteiger partial charge in [0, 0.05) is 18.2 Å². The first-order chi connectivity index (χ1) is 14.0. The third kappa shape index (κ3) is 5.64. The van der Waals surface area contributed by atoms with Crippen molar-refractivity contribution < 1.29 is 19.2 Å². The van der Waals surface area contributed by atoms with Gasteiger partial charge in [-0.1, -0.05) is 30.3 Å². The molecule has 0 aliphatic carbocycles.